The van der Waals surface area contributed by atoms with Crippen molar-refractivity contribution in [2.24, 2.45) is 0 Å². The number of rotatable bonds is 4. The van der Waals surface area contributed by atoms with Crippen molar-refractivity contribution in [3.63, 3.8) is 0 Å². The maximum absolute atomic E-state index is 13.4. The van der Waals surface area contributed by atoms with E-state index in [0.29, 0.717) is 23.2 Å². The second-order valence-electron chi connectivity index (χ2n) is 6.67. The number of thiophene rings is 1. The van der Waals surface area contributed by atoms with Crippen LogP contribution in [-0.2, 0) is 9.53 Å². The highest BCUT2D eigenvalue weighted by Crippen LogP contribution is 2.36. The van der Waals surface area contributed by atoms with Crippen molar-refractivity contribution in [1.82, 2.24) is 4.90 Å². The number of fused-ring (bicyclic) bond motifs is 1. The summed E-state index contributed by atoms with van der Waals surface area (Å²) < 4.78 is 19.1. The maximum Gasteiger partial charge on any atom is 0.350 e. The van der Waals surface area contributed by atoms with Gasteiger partial charge in [0.15, 0.2) is 6.61 Å². The van der Waals surface area contributed by atoms with E-state index in [1.807, 2.05) is 30.3 Å². The van der Waals surface area contributed by atoms with Crippen molar-refractivity contribution >= 4 is 50.6 Å². The summed E-state index contributed by atoms with van der Waals surface area (Å²) >= 11 is 7.28. The zero-order chi connectivity index (χ0) is 20.4. The molecule has 1 amide bonds. The fourth-order valence-electron chi connectivity index (χ4n) is 3.31. The average molecular weight is 433 g/mol. The lowest BCUT2D eigenvalue weighted by Crippen LogP contribution is -2.49. The molecule has 2 heterocycles. The number of amides is 1. The molecule has 0 atom stereocenters. The largest absolute Gasteiger partial charge is 0.451 e. The fraction of sp³-hybridized carbons (Fsp3) is 0.238. The molecule has 8 heteroatoms. The molecule has 0 saturated carbocycles. The molecule has 0 spiro atoms. The number of ether oxygens (including phenoxy) is 1. The average Bonchev–Trinajstić information content (AvgIpc) is 3.08. The summed E-state index contributed by atoms with van der Waals surface area (Å²) in [5.74, 6) is -1.32. The standard InChI is InChI=1S/C21H18ClFN2O3S/c22-19-16-7-6-14(23)12-17(16)29-20(19)21(27)28-13-18(26)25-10-8-24(9-11-25)15-4-2-1-3-5-15/h1-7,12H,8-11,13H2. The lowest BCUT2D eigenvalue weighted by molar-refractivity contribution is -0.134. The number of carbonyl (C=O) groups excluding carboxylic acids is 2. The number of benzene rings is 2. The highest BCUT2D eigenvalue weighted by molar-refractivity contribution is 7.21. The zero-order valence-electron chi connectivity index (χ0n) is 15.4. The van der Waals surface area contributed by atoms with Crippen LogP contribution < -0.4 is 4.90 Å². The Bertz CT molecular complexity index is 1050. The molecule has 1 aliphatic heterocycles. The molecule has 1 fully saturated rings. The summed E-state index contributed by atoms with van der Waals surface area (Å²) in [6.45, 7) is 2.22. The Labute approximate surface area is 176 Å². The summed E-state index contributed by atoms with van der Waals surface area (Å²) in [5.41, 5.74) is 1.13. The number of hydrogen-bond acceptors (Lipinski definition) is 5. The molecule has 0 N–H and O–H groups in total. The van der Waals surface area contributed by atoms with E-state index < -0.39 is 11.8 Å². The molecule has 3 aromatic rings. The van der Waals surface area contributed by atoms with Crippen LogP contribution in [0.3, 0.4) is 0 Å². The summed E-state index contributed by atoms with van der Waals surface area (Å²) in [6.07, 6.45) is 0. The minimum atomic E-state index is -0.673. The molecule has 1 aromatic heterocycles. The first kappa shape index (κ1) is 19.7. The molecule has 0 aliphatic carbocycles. The van der Waals surface area contributed by atoms with Crippen LogP contribution in [0.5, 0.6) is 0 Å². The van der Waals surface area contributed by atoms with Gasteiger partial charge in [-0.3, -0.25) is 4.79 Å². The van der Waals surface area contributed by atoms with E-state index in [1.54, 1.807) is 4.90 Å². The maximum atomic E-state index is 13.4. The number of piperazine rings is 1. The number of anilines is 1. The van der Waals surface area contributed by atoms with Gasteiger partial charge in [0.25, 0.3) is 5.91 Å². The summed E-state index contributed by atoms with van der Waals surface area (Å²) in [7, 11) is 0. The van der Waals surface area contributed by atoms with Gasteiger partial charge in [0.1, 0.15) is 10.7 Å². The number of hydrogen-bond donors (Lipinski definition) is 0. The third-order valence-corrected chi connectivity index (χ3v) is 6.49. The number of para-hydroxylation sites is 1. The van der Waals surface area contributed by atoms with Crippen LogP contribution in [0.25, 0.3) is 10.1 Å². The van der Waals surface area contributed by atoms with Crippen LogP contribution in [-0.4, -0.2) is 49.6 Å². The normalized spacial score (nSPS) is 14.3. The lowest BCUT2D eigenvalue weighted by atomic mass is 10.2. The van der Waals surface area contributed by atoms with Gasteiger partial charge in [-0.05, 0) is 30.3 Å². The molecule has 0 bridgehead atoms. The van der Waals surface area contributed by atoms with E-state index in [1.165, 1.54) is 18.2 Å². The number of esters is 1. The lowest BCUT2D eigenvalue weighted by Gasteiger charge is -2.36. The SMILES string of the molecule is O=C(OCC(=O)N1CCN(c2ccccc2)CC1)c1sc2cc(F)ccc2c1Cl. The van der Waals surface area contributed by atoms with Crippen LogP contribution in [0.15, 0.2) is 48.5 Å². The first-order valence-electron chi connectivity index (χ1n) is 9.15. The van der Waals surface area contributed by atoms with Gasteiger partial charge in [0, 0.05) is 42.0 Å². The van der Waals surface area contributed by atoms with Gasteiger partial charge in [-0.25, -0.2) is 9.18 Å². The monoisotopic (exact) mass is 432 g/mol. The Balaban J connectivity index is 1.33. The van der Waals surface area contributed by atoms with Crippen molar-refractivity contribution in [1.29, 1.82) is 0 Å². The minimum Gasteiger partial charge on any atom is -0.451 e. The fourth-order valence-corrected chi connectivity index (χ4v) is 4.73. The van der Waals surface area contributed by atoms with E-state index in [0.717, 1.165) is 30.1 Å². The van der Waals surface area contributed by atoms with Gasteiger partial charge in [-0.15, -0.1) is 11.3 Å². The number of halogens is 2. The van der Waals surface area contributed by atoms with Crippen molar-refractivity contribution in [3.05, 3.63) is 64.2 Å². The van der Waals surface area contributed by atoms with E-state index in [4.69, 9.17) is 16.3 Å². The molecule has 1 aliphatic rings. The molecule has 0 radical (unpaired) electrons. The van der Waals surface area contributed by atoms with Crippen molar-refractivity contribution in [3.8, 4) is 0 Å². The molecule has 4 rings (SSSR count). The van der Waals surface area contributed by atoms with Crippen LogP contribution in [0.4, 0.5) is 10.1 Å². The Morgan fingerprint density at radius 3 is 2.52 bits per heavy atom. The Kier molecular flexibility index (Phi) is 5.69. The van der Waals surface area contributed by atoms with Crippen LogP contribution in [0.2, 0.25) is 5.02 Å². The van der Waals surface area contributed by atoms with E-state index in [-0.39, 0.29) is 22.4 Å². The molecular weight excluding hydrogens is 415 g/mol. The predicted molar refractivity (Wildman–Crippen MR) is 112 cm³/mol. The molecular formula is C21H18ClFN2O3S. The minimum absolute atomic E-state index is 0.175. The Morgan fingerprint density at radius 2 is 1.79 bits per heavy atom. The van der Waals surface area contributed by atoms with Crippen LogP contribution in [0, 0.1) is 5.82 Å². The summed E-state index contributed by atoms with van der Waals surface area (Å²) in [5, 5.41) is 0.812. The highest BCUT2D eigenvalue weighted by atomic mass is 35.5. The van der Waals surface area contributed by atoms with Crippen molar-refractivity contribution < 1.29 is 18.7 Å². The second kappa shape index (κ2) is 8.39. The highest BCUT2D eigenvalue weighted by Gasteiger charge is 2.24. The number of nitrogens with zero attached hydrogens (tertiary/aromatic N) is 2. The third kappa shape index (κ3) is 4.21. The number of carbonyl (C=O) groups is 2. The molecule has 1 saturated heterocycles. The van der Waals surface area contributed by atoms with E-state index in [9.17, 15) is 14.0 Å². The van der Waals surface area contributed by atoms with Crippen molar-refractivity contribution in [2.75, 3.05) is 37.7 Å². The van der Waals surface area contributed by atoms with Gasteiger partial charge < -0.3 is 14.5 Å². The molecule has 2 aromatic carbocycles. The molecule has 29 heavy (non-hydrogen) atoms. The molecule has 5 nitrogen and oxygen atoms in total. The van der Waals surface area contributed by atoms with Gasteiger partial charge in [-0.1, -0.05) is 29.8 Å². The predicted octanol–water partition coefficient (Wildman–Crippen LogP) is 4.20. The Hall–Kier alpha value is -2.64. The van der Waals surface area contributed by atoms with Gasteiger partial charge in [-0.2, -0.15) is 0 Å². The van der Waals surface area contributed by atoms with Gasteiger partial charge in [0.2, 0.25) is 0 Å². The first-order chi connectivity index (χ1) is 14.0. The molecule has 150 valence electrons. The quantitative estimate of drug-likeness (QED) is 0.580. The smallest absolute Gasteiger partial charge is 0.350 e. The van der Waals surface area contributed by atoms with E-state index >= 15 is 0 Å². The van der Waals surface area contributed by atoms with Gasteiger partial charge >= 0.3 is 5.97 Å². The summed E-state index contributed by atoms with van der Waals surface area (Å²) in [4.78, 5) is 28.9. The zero-order valence-corrected chi connectivity index (χ0v) is 17.0. The van der Waals surface area contributed by atoms with Crippen molar-refractivity contribution in [2.45, 2.75) is 0 Å². The Morgan fingerprint density at radius 1 is 1.07 bits per heavy atom. The third-order valence-electron chi connectivity index (χ3n) is 4.86. The summed E-state index contributed by atoms with van der Waals surface area (Å²) in [6, 6.07) is 14.2. The van der Waals surface area contributed by atoms with Gasteiger partial charge in [0.05, 0.1) is 5.02 Å². The van der Waals surface area contributed by atoms with Crippen LogP contribution >= 0.6 is 22.9 Å². The first-order valence-corrected chi connectivity index (χ1v) is 10.3. The second-order valence-corrected chi connectivity index (χ2v) is 8.10. The van der Waals surface area contributed by atoms with E-state index in [2.05, 4.69) is 4.90 Å². The van der Waals surface area contributed by atoms with Crippen LogP contribution in [0.1, 0.15) is 9.67 Å². The topological polar surface area (TPSA) is 49.9 Å². The molecule has 0 unspecified atom stereocenters.